The summed E-state index contributed by atoms with van der Waals surface area (Å²) in [6.45, 7) is 1.83. The highest BCUT2D eigenvalue weighted by Crippen LogP contribution is 2.25. The van der Waals surface area contributed by atoms with Crippen LogP contribution in [0.15, 0.2) is 34.3 Å². The largest absolute Gasteiger partial charge is 0.462 e. The Morgan fingerprint density at radius 3 is 2.74 bits per heavy atom. The van der Waals surface area contributed by atoms with Gasteiger partial charge in [0.15, 0.2) is 23.2 Å². The first-order valence-electron chi connectivity index (χ1n) is 6.41. The molecule has 0 radical (unpaired) electrons. The highest BCUT2D eigenvalue weighted by atomic mass is 32.1. The monoisotopic (exact) mass is 338 g/mol. The molecule has 3 aromatic rings. The number of furan rings is 1. The Balaban J connectivity index is 1.82. The third-order valence-corrected chi connectivity index (χ3v) is 3.79. The molecule has 0 fully saturated rings. The van der Waals surface area contributed by atoms with Gasteiger partial charge in [-0.3, -0.25) is 4.79 Å². The lowest BCUT2D eigenvalue weighted by atomic mass is 10.2. The van der Waals surface area contributed by atoms with E-state index in [1.165, 1.54) is 23.7 Å². The average molecular weight is 338 g/mol. The highest BCUT2D eigenvalue weighted by Gasteiger charge is 2.18. The van der Waals surface area contributed by atoms with Crippen LogP contribution in [0, 0.1) is 24.4 Å². The molecule has 2 heterocycles. The topological polar surface area (TPSA) is 55.1 Å². The number of halogens is 3. The van der Waals surface area contributed by atoms with Gasteiger partial charge in [-0.05, 0) is 25.1 Å². The number of rotatable bonds is 3. The maximum atomic E-state index is 13.5. The van der Waals surface area contributed by atoms with E-state index in [4.69, 9.17) is 4.42 Å². The van der Waals surface area contributed by atoms with Crippen LogP contribution in [-0.4, -0.2) is 10.9 Å². The summed E-state index contributed by atoms with van der Waals surface area (Å²) in [6, 6.07) is 3.10. The van der Waals surface area contributed by atoms with Gasteiger partial charge in [0.05, 0.1) is 16.3 Å². The van der Waals surface area contributed by atoms with Crippen LogP contribution in [0.2, 0.25) is 0 Å². The van der Waals surface area contributed by atoms with Gasteiger partial charge in [-0.2, -0.15) is 0 Å². The Bertz CT molecular complexity index is 889. The van der Waals surface area contributed by atoms with Crippen LogP contribution in [0.1, 0.15) is 15.4 Å². The Labute approximate surface area is 132 Å². The molecule has 2 aromatic heterocycles. The zero-order chi connectivity index (χ0) is 16.6. The van der Waals surface area contributed by atoms with E-state index in [9.17, 15) is 18.0 Å². The molecule has 0 aliphatic heterocycles. The van der Waals surface area contributed by atoms with Gasteiger partial charge >= 0.3 is 0 Å². The molecule has 1 N–H and O–H groups in total. The molecular formula is C15H9F3N2O2S. The zero-order valence-corrected chi connectivity index (χ0v) is 12.5. The minimum absolute atomic E-state index is 0.106. The lowest BCUT2D eigenvalue weighted by Gasteiger charge is -2.05. The summed E-state index contributed by atoms with van der Waals surface area (Å²) >= 11 is 1.43. The van der Waals surface area contributed by atoms with Gasteiger partial charge in [0.1, 0.15) is 12.0 Å². The number of nitrogens with one attached hydrogen (secondary N) is 1. The second kappa shape index (κ2) is 5.88. The van der Waals surface area contributed by atoms with E-state index >= 15 is 0 Å². The minimum atomic E-state index is -1.64. The van der Waals surface area contributed by atoms with Crippen molar-refractivity contribution < 1.29 is 22.4 Å². The molecule has 0 unspecified atom stereocenters. The van der Waals surface area contributed by atoms with Crippen molar-refractivity contribution in [2.75, 3.05) is 5.32 Å². The fourth-order valence-corrected chi connectivity index (χ4v) is 2.49. The van der Waals surface area contributed by atoms with Gasteiger partial charge in [0.2, 0.25) is 0 Å². The summed E-state index contributed by atoms with van der Waals surface area (Å²) in [6.07, 6.45) is 1.18. The number of carbonyl (C=O) groups is 1. The molecule has 8 heteroatoms. The van der Waals surface area contributed by atoms with Gasteiger partial charge in [0.25, 0.3) is 5.91 Å². The van der Waals surface area contributed by atoms with E-state index < -0.39 is 29.0 Å². The summed E-state index contributed by atoms with van der Waals surface area (Å²) in [5.41, 5.74) is 0.224. The summed E-state index contributed by atoms with van der Waals surface area (Å²) in [7, 11) is 0. The fourth-order valence-electron chi connectivity index (χ4n) is 1.88. The summed E-state index contributed by atoms with van der Waals surface area (Å²) < 4.78 is 44.8. The van der Waals surface area contributed by atoms with E-state index in [1.54, 1.807) is 5.38 Å². The van der Waals surface area contributed by atoms with Crippen molar-refractivity contribution in [1.29, 1.82) is 0 Å². The summed E-state index contributed by atoms with van der Waals surface area (Å²) in [5, 5.41) is 4.77. The SMILES string of the molecule is Cc1nc(-c2cc(C(=O)Nc3ccc(F)c(F)c3F)co2)cs1. The normalized spacial score (nSPS) is 10.8. The number of benzene rings is 1. The highest BCUT2D eigenvalue weighted by molar-refractivity contribution is 7.09. The minimum Gasteiger partial charge on any atom is -0.462 e. The number of hydrogen-bond donors (Lipinski definition) is 1. The average Bonchev–Trinajstić information content (AvgIpc) is 3.16. The quantitative estimate of drug-likeness (QED) is 0.721. The molecule has 3 rings (SSSR count). The number of nitrogens with zero attached hydrogens (tertiary/aromatic N) is 1. The molecule has 0 saturated heterocycles. The van der Waals surface area contributed by atoms with Gasteiger partial charge in [0, 0.05) is 5.38 Å². The Hall–Kier alpha value is -2.61. The van der Waals surface area contributed by atoms with Crippen molar-refractivity contribution in [1.82, 2.24) is 4.98 Å². The molecule has 23 heavy (non-hydrogen) atoms. The predicted octanol–water partition coefficient (Wildman–Crippen LogP) is 4.38. The number of anilines is 1. The number of amides is 1. The van der Waals surface area contributed by atoms with Gasteiger partial charge in [-0.15, -0.1) is 11.3 Å². The lowest BCUT2D eigenvalue weighted by Crippen LogP contribution is -2.13. The second-order valence-corrected chi connectivity index (χ2v) is 5.69. The first kappa shape index (κ1) is 15.3. The second-order valence-electron chi connectivity index (χ2n) is 4.63. The van der Waals surface area contributed by atoms with Gasteiger partial charge in [-0.25, -0.2) is 18.2 Å². The van der Waals surface area contributed by atoms with Crippen LogP contribution >= 0.6 is 11.3 Å². The Morgan fingerprint density at radius 2 is 2.04 bits per heavy atom. The molecule has 0 saturated carbocycles. The fraction of sp³-hybridized carbons (Fsp3) is 0.0667. The maximum Gasteiger partial charge on any atom is 0.259 e. The van der Waals surface area contributed by atoms with E-state index in [0.29, 0.717) is 11.5 Å². The number of hydrogen-bond acceptors (Lipinski definition) is 4. The molecule has 0 atom stereocenters. The van der Waals surface area contributed by atoms with E-state index in [2.05, 4.69) is 10.3 Å². The van der Waals surface area contributed by atoms with Crippen molar-refractivity contribution in [3.63, 3.8) is 0 Å². The first-order valence-corrected chi connectivity index (χ1v) is 7.29. The van der Waals surface area contributed by atoms with E-state index in [1.807, 2.05) is 6.92 Å². The van der Waals surface area contributed by atoms with Crippen molar-refractivity contribution in [3.05, 3.63) is 57.9 Å². The van der Waals surface area contributed by atoms with Crippen molar-refractivity contribution in [3.8, 4) is 11.5 Å². The van der Waals surface area contributed by atoms with Crippen LogP contribution in [0.5, 0.6) is 0 Å². The molecular weight excluding hydrogens is 329 g/mol. The molecule has 4 nitrogen and oxygen atoms in total. The number of carbonyl (C=O) groups excluding carboxylic acids is 1. The smallest absolute Gasteiger partial charge is 0.259 e. The van der Waals surface area contributed by atoms with E-state index in [0.717, 1.165) is 17.1 Å². The van der Waals surface area contributed by atoms with Crippen LogP contribution in [0.25, 0.3) is 11.5 Å². The van der Waals surface area contributed by atoms with E-state index in [-0.39, 0.29) is 5.56 Å². The van der Waals surface area contributed by atoms with Crippen molar-refractivity contribution in [2.45, 2.75) is 6.92 Å². The molecule has 0 bridgehead atoms. The Kier molecular flexibility index (Phi) is 3.91. The molecule has 0 aliphatic rings. The summed E-state index contributed by atoms with van der Waals surface area (Å²) in [5.74, 6) is -4.77. The predicted molar refractivity (Wildman–Crippen MR) is 78.8 cm³/mol. The molecule has 1 amide bonds. The molecule has 1 aromatic carbocycles. The standard InChI is InChI=1S/C15H9F3N2O2S/c1-7-19-11(6-23-7)12-4-8(5-22-12)15(21)20-10-3-2-9(16)13(17)14(10)18/h2-6H,1H3,(H,20,21). The molecule has 0 aliphatic carbocycles. The van der Waals surface area contributed by atoms with Crippen LogP contribution < -0.4 is 5.32 Å². The maximum absolute atomic E-state index is 13.5. The van der Waals surface area contributed by atoms with Crippen molar-refractivity contribution in [2.24, 2.45) is 0 Å². The number of thiazole rings is 1. The van der Waals surface area contributed by atoms with Gasteiger partial charge < -0.3 is 9.73 Å². The first-order chi connectivity index (χ1) is 11.0. The molecule has 0 spiro atoms. The van der Waals surface area contributed by atoms with Crippen molar-refractivity contribution >= 4 is 22.9 Å². The van der Waals surface area contributed by atoms with Gasteiger partial charge in [-0.1, -0.05) is 0 Å². The number of aromatic nitrogens is 1. The van der Waals surface area contributed by atoms with Crippen LogP contribution in [0.4, 0.5) is 18.9 Å². The van der Waals surface area contributed by atoms with Crippen LogP contribution in [0.3, 0.4) is 0 Å². The van der Waals surface area contributed by atoms with Crippen LogP contribution in [-0.2, 0) is 0 Å². The molecule has 118 valence electrons. The Morgan fingerprint density at radius 1 is 1.26 bits per heavy atom. The lowest BCUT2D eigenvalue weighted by molar-refractivity contribution is 0.102. The zero-order valence-electron chi connectivity index (χ0n) is 11.7. The third-order valence-electron chi connectivity index (χ3n) is 3.02. The summed E-state index contributed by atoms with van der Waals surface area (Å²) in [4.78, 5) is 16.3. The number of aryl methyl sites for hydroxylation is 1. The third kappa shape index (κ3) is 2.98.